The molecule has 1 atom stereocenters. The van der Waals surface area contributed by atoms with Crippen LogP contribution in [-0.2, 0) is 14.3 Å². The van der Waals surface area contributed by atoms with E-state index in [2.05, 4.69) is 6.58 Å². The largest absolute Gasteiger partial charge is 0.464 e. The van der Waals surface area contributed by atoms with Gasteiger partial charge in [-0.15, -0.1) is 6.58 Å². The minimum absolute atomic E-state index is 0.318. The van der Waals surface area contributed by atoms with Crippen LogP contribution in [0.3, 0.4) is 0 Å². The maximum atomic E-state index is 11.7. The molecule has 0 N–H and O–H groups in total. The standard InChI is InChI=1S/C13H16O3/c1-3-10-16-12(13(14)15-4-2)11-8-6-5-7-9-11/h3,5-9,12H,1,4,10H2,2H3. The van der Waals surface area contributed by atoms with Crippen molar-refractivity contribution in [2.45, 2.75) is 13.0 Å². The Labute approximate surface area is 95.7 Å². The van der Waals surface area contributed by atoms with Crippen LogP contribution in [0.15, 0.2) is 43.0 Å². The zero-order valence-corrected chi connectivity index (χ0v) is 9.39. The van der Waals surface area contributed by atoms with Gasteiger partial charge in [0.25, 0.3) is 0 Å². The van der Waals surface area contributed by atoms with Crippen molar-refractivity contribution in [1.29, 1.82) is 0 Å². The summed E-state index contributed by atoms with van der Waals surface area (Å²) in [6.07, 6.45) is 0.939. The molecule has 0 heterocycles. The smallest absolute Gasteiger partial charge is 0.339 e. The van der Waals surface area contributed by atoms with Crippen LogP contribution in [0.4, 0.5) is 0 Å². The van der Waals surface area contributed by atoms with Crippen LogP contribution in [0.1, 0.15) is 18.6 Å². The van der Waals surface area contributed by atoms with Gasteiger partial charge in [-0.05, 0) is 12.5 Å². The number of hydrogen-bond acceptors (Lipinski definition) is 3. The summed E-state index contributed by atoms with van der Waals surface area (Å²) in [5.41, 5.74) is 0.794. The second-order valence-electron chi connectivity index (χ2n) is 3.16. The molecule has 1 aromatic rings. The van der Waals surface area contributed by atoms with Crippen molar-refractivity contribution in [3.8, 4) is 0 Å². The summed E-state index contributed by atoms with van der Waals surface area (Å²) in [6.45, 7) is 5.99. The van der Waals surface area contributed by atoms with E-state index in [0.29, 0.717) is 13.2 Å². The molecule has 16 heavy (non-hydrogen) atoms. The third kappa shape index (κ3) is 3.51. The van der Waals surface area contributed by atoms with Gasteiger partial charge in [-0.3, -0.25) is 0 Å². The monoisotopic (exact) mass is 220 g/mol. The number of rotatable bonds is 6. The molecule has 0 fully saturated rings. The number of esters is 1. The van der Waals surface area contributed by atoms with E-state index in [1.165, 1.54) is 0 Å². The predicted molar refractivity (Wildman–Crippen MR) is 62.0 cm³/mol. The maximum Gasteiger partial charge on any atom is 0.339 e. The van der Waals surface area contributed by atoms with E-state index < -0.39 is 6.10 Å². The first-order chi connectivity index (χ1) is 7.79. The topological polar surface area (TPSA) is 35.5 Å². The molecule has 3 nitrogen and oxygen atoms in total. The Hall–Kier alpha value is -1.61. The Kier molecular flexibility index (Phi) is 5.29. The second-order valence-corrected chi connectivity index (χ2v) is 3.16. The average molecular weight is 220 g/mol. The molecule has 0 aromatic heterocycles. The van der Waals surface area contributed by atoms with Crippen LogP contribution >= 0.6 is 0 Å². The number of hydrogen-bond donors (Lipinski definition) is 0. The van der Waals surface area contributed by atoms with Gasteiger partial charge in [0.05, 0.1) is 13.2 Å². The zero-order chi connectivity index (χ0) is 11.8. The van der Waals surface area contributed by atoms with Gasteiger partial charge in [0.1, 0.15) is 0 Å². The first-order valence-corrected chi connectivity index (χ1v) is 5.23. The highest BCUT2D eigenvalue weighted by molar-refractivity contribution is 5.76. The molecule has 0 spiro atoms. The summed E-state index contributed by atoms with van der Waals surface area (Å²) in [4.78, 5) is 11.7. The number of ether oxygens (including phenoxy) is 2. The lowest BCUT2D eigenvalue weighted by atomic mass is 10.1. The molecule has 0 aliphatic heterocycles. The molecule has 1 rings (SSSR count). The van der Waals surface area contributed by atoms with E-state index in [-0.39, 0.29) is 5.97 Å². The summed E-state index contributed by atoms with van der Waals surface area (Å²) in [5, 5.41) is 0. The lowest BCUT2D eigenvalue weighted by Gasteiger charge is -2.15. The fourth-order valence-electron chi connectivity index (χ4n) is 1.31. The van der Waals surface area contributed by atoms with Crippen LogP contribution < -0.4 is 0 Å². The minimum Gasteiger partial charge on any atom is -0.464 e. The Bertz CT molecular complexity index is 332. The summed E-state index contributed by atoms with van der Waals surface area (Å²) in [6, 6.07) is 9.28. The van der Waals surface area contributed by atoms with E-state index in [9.17, 15) is 4.79 Å². The van der Waals surface area contributed by atoms with Crippen molar-refractivity contribution in [2.75, 3.05) is 13.2 Å². The van der Waals surface area contributed by atoms with E-state index in [0.717, 1.165) is 5.56 Å². The van der Waals surface area contributed by atoms with Crippen LogP contribution in [0.25, 0.3) is 0 Å². The molecular formula is C13H16O3. The molecule has 0 aliphatic carbocycles. The maximum absolute atomic E-state index is 11.7. The van der Waals surface area contributed by atoms with Crippen molar-refractivity contribution < 1.29 is 14.3 Å². The molecule has 1 unspecified atom stereocenters. The van der Waals surface area contributed by atoms with Crippen molar-refractivity contribution >= 4 is 5.97 Å². The summed E-state index contributed by atoms with van der Waals surface area (Å²) in [5.74, 6) is -0.365. The average Bonchev–Trinajstić information content (AvgIpc) is 2.31. The van der Waals surface area contributed by atoms with Gasteiger partial charge >= 0.3 is 5.97 Å². The molecule has 1 aromatic carbocycles. The SMILES string of the molecule is C=CCOC(C(=O)OCC)c1ccccc1. The van der Waals surface area contributed by atoms with Gasteiger partial charge in [-0.25, -0.2) is 4.79 Å². The lowest BCUT2D eigenvalue weighted by molar-refractivity contribution is -0.156. The molecule has 0 saturated carbocycles. The highest BCUT2D eigenvalue weighted by Crippen LogP contribution is 2.18. The second kappa shape index (κ2) is 6.80. The molecule has 0 bridgehead atoms. The van der Waals surface area contributed by atoms with Gasteiger partial charge in [-0.1, -0.05) is 36.4 Å². The Morgan fingerprint density at radius 3 is 2.69 bits per heavy atom. The van der Waals surface area contributed by atoms with Crippen LogP contribution in [-0.4, -0.2) is 19.2 Å². The third-order valence-corrected chi connectivity index (χ3v) is 1.98. The Morgan fingerprint density at radius 2 is 2.12 bits per heavy atom. The van der Waals surface area contributed by atoms with E-state index >= 15 is 0 Å². The van der Waals surface area contributed by atoms with Gasteiger partial charge < -0.3 is 9.47 Å². The highest BCUT2D eigenvalue weighted by Gasteiger charge is 2.21. The lowest BCUT2D eigenvalue weighted by Crippen LogP contribution is -2.19. The Morgan fingerprint density at radius 1 is 1.44 bits per heavy atom. The number of carbonyl (C=O) groups excluding carboxylic acids is 1. The molecule has 0 aliphatic rings. The van der Waals surface area contributed by atoms with Crippen molar-refractivity contribution in [3.63, 3.8) is 0 Å². The van der Waals surface area contributed by atoms with Gasteiger partial charge in [0, 0.05) is 0 Å². The molecule has 0 amide bonds. The van der Waals surface area contributed by atoms with E-state index in [1.807, 2.05) is 30.3 Å². The van der Waals surface area contributed by atoms with Crippen molar-refractivity contribution in [3.05, 3.63) is 48.6 Å². The zero-order valence-electron chi connectivity index (χ0n) is 9.39. The first-order valence-electron chi connectivity index (χ1n) is 5.23. The van der Waals surface area contributed by atoms with Crippen LogP contribution in [0.5, 0.6) is 0 Å². The summed E-state index contributed by atoms with van der Waals surface area (Å²) < 4.78 is 10.4. The molecular weight excluding hydrogens is 204 g/mol. The van der Waals surface area contributed by atoms with Gasteiger partial charge in [-0.2, -0.15) is 0 Å². The van der Waals surface area contributed by atoms with Gasteiger partial charge in [0.2, 0.25) is 0 Å². The van der Waals surface area contributed by atoms with E-state index in [4.69, 9.17) is 9.47 Å². The minimum atomic E-state index is -0.667. The van der Waals surface area contributed by atoms with Gasteiger partial charge in [0.15, 0.2) is 6.10 Å². The molecule has 0 radical (unpaired) electrons. The van der Waals surface area contributed by atoms with E-state index in [1.54, 1.807) is 13.0 Å². The quantitative estimate of drug-likeness (QED) is 0.546. The fraction of sp³-hybridized carbons (Fsp3) is 0.308. The Balaban J connectivity index is 2.78. The third-order valence-electron chi connectivity index (χ3n) is 1.98. The number of benzene rings is 1. The van der Waals surface area contributed by atoms with Crippen LogP contribution in [0, 0.1) is 0 Å². The summed E-state index contributed by atoms with van der Waals surface area (Å²) in [7, 11) is 0. The summed E-state index contributed by atoms with van der Waals surface area (Å²) >= 11 is 0. The fourth-order valence-corrected chi connectivity index (χ4v) is 1.31. The predicted octanol–water partition coefficient (Wildman–Crippen LogP) is 2.49. The van der Waals surface area contributed by atoms with Crippen molar-refractivity contribution in [1.82, 2.24) is 0 Å². The highest BCUT2D eigenvalue weighted by atomic mass is 16.6. The first kappa shape index (κ1) is 12.5. The van der Waals surface area contributed by atoms with Crippen molar-refractivity contribution in [2.24, 2.45) is 0 Å². The molecule has 0 saturated heterocycles. The molecule has 3 heteroatoms. The van der Waals surface area contributed by atoms with Crippen LogP contribution in [0.2, 0.25) is 0 Å². The molecule has 86 valence electrons. The normalized spacial score (nSPS) is 11.8. The number of carbonyl (C=O) groups is 1.